The topological polar surface area (TPSA) is 148 Å². The van der Waals surface area contributed by atoms with Gasteiger partial charge in [0.2, 0.25) is 5.91 Å². The molecule has 0 aliphatic carbocycles. The summed E-state index contributed by atoms with van der Waals surface area (Å²) in [5.41, 5.74) is -0.0299. The standard InChI is InChI=1S/C24H32N4O6S/c1-4-5-6-11-23(29)27-35(33,34)22-10-8-7-9-20(22)26-24(30)18-12-13-19(21(16-18)28(31)32)25-15-14-17(2)3/h7-10,12-13,16-17,25H,4-6,11,14-15H2,1-3H3,(H,26,30)(H,27,29). The molecule has 0 unspecified atom stereocenters. The fraction of sp³-hybridized carbons (Fsp3) is 0.417. The van der Waals surface area contributed by atoms with Crippen LogP contribution in [0, 0.1) is 16.0 Å². The molecular formula is C24H32N4O6S. The number of nitro groups is 1. The lowest BCUT2D eigenvalue weighted by molar-refractivity contribution is -0.384. The molecule has 2 rings (SSSR count). The third-order valence-corrected chi connectivity index (χ3v) is 6.61. The van der Waals surface area contributed by atoms with Gasteiger partial charge < -0.3 is 10.6 Å². The van der Waals surface area contributed by atoms with Gasteiger partial charge in [0.15, 0.2) is 0 Å². The van der Waals surface area contributed by atoms with Crippen LogP contribution in [0.25, 0.3) is 0 Å². The van der Waals surface area contributed by atoms with E-state index < -0.39 is 26.8 Å². The van der Waals surface area contributed by atoms with Gasteiger partial charge in [0.05, 0.1) is 10.6 Å². The van der Waals surface area contributed by atoms with E-state index in [1.807, 2.05) is 25.5 Å². The van der Waals surface area contributed by atoms with Crippen molar-refractivity contribution < 1.29 is 22.9 Å². The fourth-order valence-electron chi connectivity index (χ4n) is 3.26. The number of sulfonamides is 1. The highest BCUT2D eigenvalue weighted by Gasteiger charge is 2.23. The molecule has 0 saturated carbocycles. The van der Waals surface area contributed by atoms with E-state index in [9.17, 15) is 28.1 Å². The molecule has 35 heavy (non-hydrogen) atoms. The van der Waals surface area contributed by atoms with E-state index in [-0.39, 0.29) is 28.3 Å². The largest absolute Gasteiger partial charge is 0.379 e. The van der Waals surface area contributed by atoms with Crippen LogP contribution in [0.5, 0.6) is 0 Å². The molecule has 2 aromatic carbocycles. The number of amides is 2. The molecule has 0 spiro atoms. The fourth-order valence-corrected chi connectivity index (χ4v) is 4.44. The van der Waals surface area contributed by atoms with Crippen LogP contribution in [0.4, 0.5) is 17.1 Å². The Kier molecular flexibility index (Phi) is 10.2. The predicted octanol–water partition coefficient (Wildman–Crippen LogP) is 4.69. The van der Waals surface area contributed by atoms with Crippen molar-refractivity contribution in [3.63, 3.8) is 0 Å². The number of hydrogen-bond acceptors (Lipinski definition) is 7. The summed E-state index contributed by atoms with van der Waals surface area (Å²) >= 11 is 0. The van der Waals surface area contributed by atoms with Gasteiger partial charge in [-0.3, -0.25) is 19.7 Å². The molecule has 0 aliphatic rings. The van der Waals surface area contributed by atoms with Crippen molar-refractivity contribution in [3.05, 3.63) is 58.1 Å². The van der Waals surface area contributed by atoms with Gasteiger partial charge in [-0.05, 0) is 43.0 Å². The molecule has 2 amide bonds. The molecule has 10 nitrogen and oxygen atoms in total. The van der Waals surface area contributed by atoms with Crippen molar-refractivity contribution in [3.8, 4) is 0 Å². The number of nitrogens with one attached hydrogen (secondary N) is 3. The van der Waals surface area contributed by atoms with Gasteiger partial charge in [-0.15, -0.1) is 0 Å². The summed E-state index contributed by atoms with van der Waals surface area (Å²) in [6.07, 6.45) is 3.15. The minimum atomic E-state index is -4.23. The van der Waals surface area contributed by atoms with Crippen LogP contribution in [-0.2, 0) is 14.8 Å². The second kappa shape index (κ2) is 12.8. The van der Waals surface area contributed by atoms with Crippen molar-refractivity contribution in [2.24, 2.45) is 5.92 Å². The highest BCUT2D eigenvalue weighted by Crippen LogP contribution is 2.27. The SMILES string of the molecule is CCCCCC(=O)NS(=O)(=O)c1ccccc1NC(=O)c1ccc(NCCC(C)C)c([N+](=O)[O-])c1. The first-order valence-corrected chi connectivity index (χ1v) is 13.0. The first-order chi connectivity index (χ1) is 16.5. The van der Waals surface area contributed by atoms with Crippen LogP contribution in [0.3, 0.4) is 0 Å². The van der Waals surface area contributed by atoms with E-state index in [1.54, 1.807) is 0 Å². The van der Waals surface area contributed by atoms with Gasteiger partial charge in [-0.1, -0.05) is 45.7 Å². The monoisotopic (exact) mass is 504 g/mol. The number of rotatable bonds is 13. The van der Waals surface area contributed by atoms with Crippen LogP contribution >= 0.6 is 0 Å². The van der Waals surface area contributed by atoms with Crippen molar-refractivity contribution in [1.82, 2.24) is 4.72 Å². The van der Waals surface area contributed by atoms with Gasteiger partial charge in [0, 0.05) is 24.6 Å². The number of hydrogen-bond donors (Lipinski definition) is 3. The molecule has 0 fully saturated rings. The van der Waals surface area contributed by atoms with Crippen molar-refractivity contribution in [1.29, 1.82) is 0 Å². The van der Waals surface area contributed by atoms with E-state index >= 15 is 0 Å². The smallest absolute Gasteiger partial charge is 0.293 e. The highest BCUT2D eigenvalue weighted by atomic mass is 32.2. The molecule has 0 bridgehead atoms. The van der Waals surface area contributed by atoms with E-state index in [0.717, 1.165) is 25.3 Å². The van der Waals surface area contributed by atoms with E-state index in [1.165, 1.54) is 36.4 Å². The summed E-state index contributed by atoms with van der Waals surface area (Å²) in [5, 5.41) is 17.1. The Balaban J connectivity index is 2.22. The summed E-state index contributed by atoms with van der Waals surface area (Å²) in [4.78, 5) is 35.6. The first kappa shape index (κ1) is 27.8. The van der Waals surface area contributed by atoms with Gasteiger partial charge in [-0.2, -0.15) is 0 Å². The van der Waals surface area contributed by atoms with E-state index in [4.69, 9.17) is 0 Å². The Hall–Kier alpha value is -3.47. The van der Waals surface area contributed by atoms with E-state index in [0.29, 0.717) is 24.6 Å². The minimum Gasteiger partial charge on any atom is -0.379 e. The molecule has 0 atom stereocenters. The maximum atomic E-state index is 12.8. The van der Waals surface area contributed by atoms with Gasteiger partial charge in [0.25, 0.3) is 21.6 Å². The number of anilines is 2. The lowest BCUT2D eigenvalue weighted by atomic mass is 10.1. The third kappa shape index (κ3) is 8.36. The third-order valence-electron chi connectivity index (χ3n) is 5.17. The molecule has 0 aromatic heterocycles. The molecule has 2 aromatic rings. The molecular weight excluding hydrogens is 472 g/mol. The van der Waals surface area contributed by atoms with Crippen LogP contribution < -0.4 is 15.4 Å². The number of unbranched alkanes of at least 4 members (excludes halogenated alkanes) is 2. The zero-order valence-corrected chi connectivity index (χ0v) is 21.0. The molecule has 190 valence electrons. The second-order valence-corrected chi connectivity index (χ2v) is 10.2. The molecule has 11 heteroatoms. The minimum absolute atomic E-state index is 0.0121. The Bertz CT molecular complexity index is 1160. The zero-order valence-electron chi connectivity index (χ0n) is 20.2. The average Bonchev–Trinajstić information content (AvgIpc) is 2.79. The second-order valence-electron chi connectivity index (χ2n) is 8.53. The Morgan fingerprint density at radius 2 is 1.77 bits per heavy atom. The number of para-hydroxylation sites is 1. The van der Waals surface area contributed by atoms with Crippen LogP contribution in [0.1, 0.15) is 63.2 Å². The Labute approximate surface area is 205 Å². The molecule has 0 heterocycles. The Morgan fingerprint density at radius 3 is 2.43 bits per heavy atom. The van der Waals surface area contributed by atoms with Crippen LogP contribution in [0.2, 0.25) is 0 Å². The Morgan fingerprint density at radius 1 is 1.06 bits per heavy atom. The highest BCUT2D eigenvalue weighted by molar-refractivity contribution is 7.90. The zero-order chi connectivity index (χ0) is 26.0. The molecule has 0 saturated heterocycles. The summed E-state index contributed by atoms with van der Waals surface area (Å²) in [6, 6.07) is 9.65. The number of nitrogens with zero attached hydrogens (tertiary/aromatic N) is 1. The van der Waals surface area contributed by atoms with Gasteiger partial charge in [0.1, 0.15) is 10.6 Å². The maximum absolute atomic E-state index is 12.8. The number of benzene rings is 2. The summed E-state index contributed by atoms with van der Waals surface area (Å²) < 4.78 is 27.6. The quantitative estimate of drug-likeness (QED) is 0.204. The molecule has 0 aliphatic heterocycles. The van der Waals surface area contributed by atoms with Crippen molar-refractivity contribution in [2.45, 2.75) is 57.8 Å². The van der Waals surface area contributed by atoms with Crippen LogP contribution in [0.15, 0.2) is 47.4 Å². The summed E-state index contributed by atoms with van der Waals surface area (Å²) in [7, 11) is -4.23. The van der Waals surface area contributed by atoms with Gasteiger partial charge in [-0.25, -0.2) is 13.1 Å². The number of carbonyl (C=O) groups excluding carboxylic acids is 2. The number of carbonyl (C=O) groups is 2. The van der Waals surface area contributed by atoms with E-state index in [2.05, 4.69) is 10.6 Å². The van der Waals surface area contributed by atoms with Crippen LogP contribution in [-0.4, -0.2) is 31.7 Å². The maximum Gasteiger partial charge on any atom is 0.293 e. The number of nitro benzene ring substituents is 1. The molecule has 0 radical (unpaired) electrons. The summed E-state index contributed by atoms with van der Waals surface area (Å²) in [6.45, 7) is 6.59. The normalized spacial score (nSPS) is 11.2. The molecule has 3 N–H and O–H groups in total. The van der Waals surface area contributed by atoms with Gasteiger partial charge >= 0.3 is 0 Å². The van der Waals surface area contributed by atoms with Crippen molar-refractivity contribution >= 4 is 38.9 Å². The predicted molar refractivity (Wildman–Crippen MR) is 135 cm³/mol. The summed E-state index contributed by atoms with van der Waals surface area (Å²) in [5.74, 6) is -0.932. The average molecular weight is 505 g/mol. The lowest BCUT2D eigenvalue weighted by Crippen LogP contribution is -2.31. The van der Waals surface area contributed by atoms with Crippen molar-refractivity contribution in [2.75, 3.05) is 17.2 Å². The first-order valence-electron chi connectivity index (χ1n) is 11.5. The lowest BCUT2D eigenvalue weighted by Gasteiger charge is -2.13.